The van der Waals surface area contributed by atoms with E-state index in [-0.39, 0.29) is 11.9 Å². The van der Waals surface area contributed by atoms with Gasteiger partial charge < -0.3 is 14.5 Å². The molecule has 0 bridgehead atoms. The molecule has 0 aliphatic heterocycles. The van der Waals surface area contributed by atoms with Gasteiger partial charge in [-0.15, -0.1) is 0 Å². The Morgan fingerprint density at radius 2 is 2.00 bits per heavy atom. The summed E-state index contributed by atoms with van der Waals surface area (Å²) in [7, 11) is 0. The molecule has 0 fully saturated rings. The van der Waals surface area contributed by atoms with Gasteiger partial charge in [0.15, 0.2) is 5.76 Å². The molecule has 0 spiro atoms. The summed E-state index contributed by atoms with van der Waals surface area (Å²) >= 11 is 0. The lowest BCUT2D eigenvalue weighted by Crippen LogP contribution is -2.06. The first-order chi connectivity index (χ1) is 11.5. The molecule has 124 valence electrons. The zero-order chi connectivity index (χ0) is 17.1. The summed E-state index contributed by atoms with van der Waals surface area (Å²) in [5.41, 5.74) is 2.52. The molecule has 0 unspecified atom stereocenters. The number of hydrogen-bond donors (Lipinski definition) is 1. The van der Waals surface area contributed by atoms with E-state index in [1.165, 1.54) is 12.1 Å². The Bertz CT molecular complexity index is 843. The number of nitrogens with one attached hydrogen (secondary N) is 1. The van der Waals surface area contributed by atoms with Gasteiger partial charge in [0, 0.05) is 17.3 Å². The van der Waals surface area contributed by atoms with Crippen LogP contribution in [0, 0.1) is 12.7 Å². The molecule has 4 nitrogen and oxygen atoms in total. The Morgan fingerprint density at radius 3 is 2.75 bits per heavy atom. The average Bonchev–Trinajstić information content (AvgIpc) is 2.94. The van der Waals surface area contributed by atoms with Crippen LogP contribution in [0.4, 0.5) is 16.1 Å². The highest BCUT2D eigenvalue weighted by Crippen LogP contribution is 2.27. The van der Waals surface area contributed by atoms with E-state index in [1.54, 1.807) is 18.3 Å². The number of oxazole rings is 1. The number of anilines is 2. The second kappa shape index (κ2) is 6.74. The number of rotatable bonds is 5. The maximum atomic E-state index is 13.3. The Labute approximate surface area is 140 Å². The van der Waals surface area contributed by atoms with Crippen molar-refractivity contribution in [2.75, 3.05) is 5.32 Å². The third-order valence-corrected chi connectivity index (χ3v) is 3.29. The van der Waals surface area contributed by atoms with Gasteiger partial charge in [0.25, 0.3) is 6.01 Å². The summed E-state index contributed by atoms with van der Waals surface area (Å²) in [5, 5.41) is 3.11. The monoisotopic (exact) mass is 326 g/mol. The van der Waals surface area contributed by atoms with Crippen molar-refractivity contribution in [3.8, 4) is 17.1 Å². The summed E-state index contributed by atoms with van der Waals surface area (Å²) < 4.78 is 24.7. The number of ether oxygens (including phenoxy) is 1. The quantitative estimate of drug-likeness (QED) is 0.689. The molecule has 0 radical (unpaired) electrons. The minimum Gasteiger partial charge on any atom is -0.491 e. The van der Waals surface area contributed by atoms with Crippen molar-refractivity contribution in [3.05, 3.63) is 60.0 Å². The fourth-order valence-corrected chi connectivity index (χ4v) is 2.39. The summed E-state index contributed by atoms with van der Waals surface area (Å²) in [6.07, 6.45) is 1.67. The van der Waals surface area contributed by atoms with Crippen molar-refractivity contribution in [2.24, 2.45) is 0 Å². The Hall–Kier alpha value is -2.82. The maximum absolute atomic E-state index is 13.3. The highest BCUT2D eigenvalue weighted by molar-refractivity contribution is 5.61. The van der Waals surface area contributed by atoms with E-state index in [1.807, 2.05) is 39.0 Å². The molecule has 0 aliphatic rings. The van der Waals surface area contributed by atoms with Gasteiger partial charge in [-0.1, -0.05) is 12.1 Å². The van der Waals surface area contributed by atoms with Gasteiger partial charge in [-0.25, -0.2) is 9.37 Å². The first-order valence-corrected chi connectivity index (χ1v) is 7.77. The molecule has 24 heavy (non-hydrogen) atoms. The van der Waals surface area contributed by atoms with E-state index in [0.717, 1.165) is 17.0 Å². The molecular weight excluding hydrogens is 307 g/mol. The number of nitrogens with zero attached hydrogens (tertiary/aromatic N) is 1. The van der Waals surface area contributed by atoms with Crippen LogP contribution in [0.3, 0.4) is 0 Å². The summed E-state index contributed by atoms with van der Waals surface area (Å²) in [6, 6.07) is 12.4. The van der Waals surface area contributed by atoms with Gasteiger partial charge in [0.2, 0.25) is 0 Å². The van der Waals surface area contributed by atoms with Crippen LogP contribution < -0.4 is 10.1 Å². The minimum absolute atomic E-state index is 0.0981. The number of hydrogen-bond acceptors (Lipinski definition) is 4. The SMILES string of the molecule is Cc1cc(Nc2ncc(-c3cccc(F)c3)o2)cc(OC(C)C)c1. The molecule has 0 saturated carbocycles. The van der Waals surface area contributed by atoms with Gasteiger partial charge in [-0.2, -0.15) is 0 Å². The predicted molar refractivity (Wildman–Crippen MR) is 92.1 cm³/mol. The van der Waals surface area contributed by atoms with E-state index in [4.69, 9.17) is 9.15 Å². The Balaban J connectivity index is 1.81. The first kappa shape index (κ1) is 16.1. The highest BCUT2D eigenvalue weighted by Gasteiger charge is 2.09. The zero-order valence-corrected chi connectivity index (χ0v) is 13.8. The van der Waals surface area contributed by atoms with Crippen LogP contribution in [0.25, 0.3) is 11.3 Å². The molecule has 0 saturated heterocycles. The number of halogens is 1. The van der Waals surface area contributed by atoms with Crippen LogP contribution in [-0.4, -0.2) is 11.1 Å². The van der Waals surface area contributed by atoms with Crippen molar-refractivity contribution in [1.82, 2.24) is 4.98 Å². The van der Waals surface area contributed by atoms with Gasteiger partial charge in [0.1, 0.15) is 11.6 Å². The summed E-state index contributed by atoms with van der Waals surface area (Å²) in [5.74, 6) is 0.972. The molecule has 3 rings (SSSR count). The number of benzene rings is 2. The fraction of sp³-hybridized carbons (Fsp3) is 0.211. The first-order valence-electron chi connectivity index (χ1n) is 7.77. The van der Waals surface area contributed by atoms with Crippen LogP contribution in [0.5, 0.6) is 5.75 Å². The molecule has 3 aromatic rings. The molecule has 1 heterocycles. The van der Waals surface area contributed by atoms with Crippen molar-refractivity contribution in [2.45, 2.75) is 26.9 Å². The average molecular weight is 326 g/mol. The minimum atomic E-state index is -0.312. The van der Waals surface area contributed by atoms with E-state index in [9.17, 15) is 4.39 Å². The van der Waals surface area contributed by atoms with Crippen molar-refractivity contribution >= 4 is 11.7 Å². The molecule has 0 atom stereocenters. The molecule has 1 aromatic heterocycles. The van der Waals surface area contributed by atoms with E-state index in [2.05, 4.69) is 10.3 Å². The van der Waals surface area contributed by atoms with Gasteiger partial charge in [-0.05, 0) is 50.6 Å². The van der Waals surface area contributed by atoms with Crippen LogP contribution in [0.15, 0.2) is 53.1 Å². The van der Waals surface area contributed by atoms with Crippen LogP contribution >= 0.6 is 0 Å². The topological polar surface area (TPSA) is 47.3 Å². The predicted octanol–water partition coefficient (Wildman–Crippen LogP) is 5.32. The van der Waals surface area contributed by atoms with Crippen LogP contribution in [0.1, 0.15) is 19.4 Å². The molecule has 5 heteroatoms. The molecule has 0 amide bonds. The third-order valence-electron chi connectivity index (χ3n) is 3.29. The van der Waals surface area contributed by atoms with Crippen molar-refractivity contribution < 1.29 is 13.5 Å². The largest absolute Gasteiger partial charge is 0.491 e. The Morgan fingerprint density at radius 1 is 1.17 bits per heavy atom. The second-order valence-corrected chi connectivity index (χ2v) is 5.87. The van der Waals surface area contributed by atoms with Crippen LogP contribution in [-0.2, 0) is 0 Å². The second-order valence-electron chi connectivity index (χ2n) is 5.87. The van der Waals surface area contributed by atoms with Gasteiger partial charge >= 0.3 is 0 Å². The molecular formula is C19H19FN2O2. The standard InChI is InChI=1S/C19H19FN2O2/c1-12(2)23-17-8-13(3)7-16(10-17)22-19-21-11-18(24-19)14-5-4-6-15(20)9-14/h4-12H,1-3H3,(H,21,22). The van der Waals surface area contributed by atoms with E-state index in [0.29, 0.717) is 17.3 Å². The van der Waals surface area contributed by atoms with Gasteiger partial charge in [0.05, 0.1) is 12.3 Å². The lowest BCUT2D eigenvalue weighted by Gasteiger charge is -2.12. The van der Waals surface area contributed by atoms with E-state index < -0.39 is 0 Å². The Kier molecular flexibility index (Phi) is 4.51. The summed E-state index contributed by atoms with van der Waals surface area (Å²) in [4.78, 5) is 4.20. The molecule has 0 aliphatic carbocycles. The highest BCUT2D eigenvalue weighted by atomic mass is 19.1. The lowest BCUT2D eigenvalue weighted by molar-refractivity contribution is 0.242. The lowest BCUT2D eigenvalue weighted by atomic mass is 10.2. The smallest absolute Gasteiger partial charge is 0.299 e. The fourth-order valence-electron chi connectivity index (χ4n) is 2.39. The zero-order valence-electron chi connectivity index (χ0n) is 13.8. The van der Waals surface area contributed by atoms with E-state index >= 15 is 0 Å². The molecule has 2 aromatic carbocycles. The maximum Gasteiger partial charge on any atom is 0.299 e. The normalized spacial score (nSPS) is 10.9. The third kappa shape index (κ3) is 3.93. The number of aryl methyl sites for hydroxylation is 1. The van der Waals surface area contributed by atoms with Crippen molar-refractivity contribution in [1.29, 1.82) is 0 Å². The van der Waals surface area contributed by atoms with Crippen molar-refractivity contribution in [3.63, 3.8) is 0 Å². The molecule has 1 N–H and O–H groups in total. The van der Waals surface area contributed by atoms with Gasteiger partial charge in [-0.3, -0.25) is 0 Å². The number of aromatic nitrogens is 1. The van der Waals surface area contributed by atoms with Crippen LogP contribution in [0.2, 0.25) is 0 Å². The summed E-state index contributed by atoms with van der Waals surface area (Å²) in [6.45, 7) is 5.95.